The molecule has 0 radical (unpaired) electrons. The van der Waals surface area contributed by atoms with Crippen LogP contribution in [0.4, 0.5) is 4.79 Å². The molecule has 0 saturated carbocycles. The zero-order valence-corrected chi connectivity index (χ0v) is 12.2. The monoisotopic (exact) mass is 307 g/mol. The molecule has 3 rings (SSSR count). The van der Waals surface area contributed by atoms with Gasteiger partial charge < -0.3 is 9.47 Å². The molecule has 3 heterocycles. The summed E-state index contributed by atoms with van der Waals surface area (Å²) in [4.78, 5) is 39.0. The van der Waals surface area contributed by atoms with Crippen molar-refractivity contribution >= 4 is 6.09 Å². The number of ether oxygens (including phenoxy) is 2. The van der Waals surface area contributed by atoms with E-state index in [2.05, 4.69) is 11.6 Å². The van der Waals surface area contributed by atoms with Crippen LogP contribution < -0.4 is 11.2 Å². The maximum Gasteiger partial charge on any atom is 0.410 e. The fourth-order valence-corrected chi connectivity index (χ4v) is 2.88. The number of fused-ring (bicyclic) bond motifs is 1. The van der Waals surface area contributed by atoms with E-state index in [1.165, 1.54) is 10.8 Å². The minimum atomic E-state index is -0.542. The Labute approximate surface area is 126 Å². The van der Waals surface area contributed by atoms with Gasteiger partial charge in [-0.05, 0) is 6.92 Å². The lowest BCUT2D eigenvalue weighted by molar-refractivity contribution is -0.0633. The smallest absolute Gasteiger partial charge is 0.410 e. The number of hydrogen-bond acceptors (Lipinski definition) is 5. The van der Waals surface area contributed by atoms with Gasteiger partial charge in [0.1, 0.15) is 18.9 Å². The van der Waals surface area contributed by atoms with Gasteiger partial charge in [-0.2, -0.15) is 0 Å². The van der Waals surface area contributed by atoms with E-state index in [-0.39, 0.29) is 18.8 Å². The zero-order valence-electron chi connectivity index (χ0n) is 12.2. The van der Waals surface area contributed by atoms with Gasteiger partial charge in [0.25, 0.3) is 5.56 Å². The van der Waals surface area contributed by atoms with Crippen molar-refractivity contribution in [1.29, 1.82) is 0 Å². The number of nitrogens with zero attached hydrogens (tertiary/aromatic N) is 2. The molecule has 1 aromatic heterocycles. The predicted molar refractivity (Wildman–Crippen MR) is 76.6 cm³/mol. The molecule has 0 unspecified atom stereocenters. The Kier molecular flexibility index (Phi) is 3.61. The predicted octanol–water partition coefficient (Wildman–Crippen LogP) is 0.139. The molecule has 3 atom stereocenters. The van der Waals surface area contributed by atoms with Crippen LogP contribution >= 0.6 is 0 Å². The summed E-state index contributed by atoms with van der Waals surface area (Å²) >= 11 is 0. The van der Waals surface area contributed by atoms with Crippen LogP contribution in [0.3, 0.4) is 0 Å². The highest BCUT2D eigenvalue weighted by Crippen LogP contribution is 2.34. The van der Waals surface area contributed by atoms with Crippen molar-refractivity contribution in [3.05, 3.63) is 45.3 Å². The minimum Gasteiger partial charge on any atom is -0.447 e. The quantitative estimate of drug-likeness (QED) is 0.802. The summed E-state index contributed by atoms with van der Waals surface area (Å²) in [5.74, 6) is 0. The van der Waals surface area contributed by atoms with Crippen LogP contribution in [0, 0.1) is 6.92 Å². The maximum atomic E-state index is 12.0. The van der Waals surface area contributed by atoms with Crippen molar-refractivity contribution in [2.24, 2.45) is 0 Å². The molecular formula is C14H17N3O5. The van der Waals surface area contributed by atoms with Gasteiger partial charge in [0.2, 0.25) is 0 Å². The summed E-state index contributed by atoms with van der Waals surface area (Å²) < 4.78 is 12.3. The zero-order chi connectivity index (χ0) is 15.9. The summed E-state index contributed by atoms with van der Waals surface area (Å²) in [6.07, 6.45) is 2.30. The number of aromatic amines is 1. The molecule has 2 saturated heterocycles. The highest BCUT2D eigenvalue weighted by Gasteiger charge is 2.45. The molecule has 0 spiro atoms. The van der Waals surface area contributed by atoms with Crippen molar-refractivity contribution in [3.8, 4) is 0 Å². The molecule has 22 heavy (non-hydrogen) atoms. The van der Waals surface area contributed by atoms with E-state index in [9.17, 15) is 14.4 Å². The molecule has 0 bridgehead atoms. The third-order valence-electron chi connectivity index (χ3n) is 3.99. The Morgan fingerprint density at radius 3 is 2.95 bits per heavy atom. The first-order valence-electron chi connectivity index (χ1n) is 7.03. The number of carbonyl (C=O) groups excluding carboxylic acids is 1. The van der Waals surface area contributed by atoms with Gasteiger partial charge in [-0.1, -0.05) is 6.08 Å². The highest BCUT2D eigenvalue weighted by molar-refractivity contribution is 5.69. The number of aryl methyl sites for hydroxylation is 1. The van der Waals surface area contributed by atoms with Crippen LogP contribution in [-0.2, 0) is 9.47 Å². The van der Waals surface area contributed by atoms with Crippen LogP contribution in [0.25, 0.3) is 0 Å². The van der Waals surface area contributed by atoms with E-state index in [0.29, 0.717) is 18.5 Å². The van der Waals surface area contributed by atoms with Crippen LogP contribution in [0.2, 0.25) is 0 Å². The number of H-pyrrole nitrogens is 1. The Morgan fingerprint density at radius 2 is 2.23 bits per heavy atom. The van der Waals surface area contributed by atoms with Crippen LogP contribution in [0.1, 0.15) is 18.2 Å². The minimum absolute atomic E-state index is 0.157. The van der Waals surface area contributed by atoms with E-state index >= 15 is 0 Å². The van der Waals surface area contributed by atoms with Crippen LogP contribution in [0.5, 0.6) is 0 Å². The van der Waals surface area contributed by atoms with E-state index in [1.807, 2.05) is 0 Å². The van der Waals surface area contributed by atoms with Crippen molar-refractivity contribution < 1.29 is 14.3 Å². The lowest BCUT2D eigenvalue weighted by Crippen LogP contribution is -2.51. The summed E-state index contributed by atoms with van der Waals surface area (Å²) in [7, 11) is 0. The first-order chi connectivity index (χ1) is 10.5. The average molecular weight is 307 g/mol. The maximum absolute atomic E-state index is 12.0. The molecule has 0 aliphatic carbocycles. The second-order valence-electron chi connectivity index (χ2n) is 5.43. The Balaban J connectivity index is 1.89. The summed E-state index contributed by atoms with van der Waals surface area (Å²) in [5.41, 5.74) is -0.515. The SMILES string of the molecule is C=CCN1C(=O)OC[C@H]2O[C@@H](n3cc(C)c(=O)[nH]c3=O)C[C@H]21. The van der Waals surface area contributed by atoms with E-state index in [0.717, 1.165) is 0 Å². The van der Waals surface area contributed by atoms with Crippen molar-refractivity contribution in [2.75, 3.05) is 13.2 Å². The number of aromatic nitrogens is 2. The molecule has 1 amide bonds. The molecule has 8 nitrogen and oxygen atoms in total. The topological polar surface area (TPSA) is 93.6 Å². The molecule has 2 aliphatic rings. The lowest BCUT2D eigenvalue weighted by atomic mass is 10.1. The van der Waals surface area contributed by atoms with Gasteiger partial charge in [-0.15, -0.1) is 6.58 Å². The lowest BCUT2D eigenvalue weighted by Gasteiger charge is -2.34. The summed E-state index contributed by atoms with van der Waals surface area (Å²) in [6.45, 7) is 5.76. The first kappa shape index (κ1) is 14.6. The third kappa shape index (κ3) is 2.35. The average Bonchev–Trinajstić information content (AvgIpc) is 2.90. The van der Waals surface area contributed by atoms with Gasteiger partial charge in [0.05, 0.1) is 6.04 Å². The van der Waals surface area contributed by atoms with Gasteiger partial charge in [-0.25, -0.2) is 9.59 Å². The molecule has 2 fully saturated rings. The third-order valence-corrected chi connectivity index (χ3v) is 3.99. The molecule has 1 aromatic rings. The fourth-order valence-electron chi connectivity index (χ4n) is 2.88. The molecular weight excluding hydrogens is 290 g/mol. The number of carbonyl (C=O) groups is 1. The van der Waals surface area contributed by atoms with Gasteiger partial charge in [0.15, 0.2) is 0 Å². The molecule has 8 heteroatoms. The van der Waals surface area contributed by atoms with E-state index < -0.39 is 23.6 Å². The number of nitrogens with one attached hydrogen (secondary N) is 1. The standard InChI is InChI=1S/C14H17N3O5/c1-3-4-16-9-5-11(22-10(9)7-21-14(16)20)17-6-8(2)12(18)15-13(17)19/h3,6,9-11H,1,4-5,7H2,2H3,(H,15,18,19)/t9-,10-,11-/m1/s1. The van der Waals surface area contributed by atoms with E-state index in [1.54, 1.807) is 17.9 Å². The molecule has 1 N–H and O–H groups in total. The van der Waals surface area contributed by atoms with Gasteiger partial charge in [0, 0.05) is 24.7 Å². The van der Waals surface area contributed by atoms with Crippen molar-refractivity contribution in [3.63, 3.8) is 0 Å². The number of hydrogen-bond donors (Lipinski definition) is 1. The summed E-state index contributed by atoms with van der Waals surface area (Å²) in [6, 6.07) is -0.177. The number of cyclic esters (lactones) is 1. The fraction of sp³-hybridized carbons (Fsp3) is 0.500. The Morgan fingerprint density at radius 1 is 1.45 bits per heavy atom. The highest BCUT2D eigenvalue weighted by atomic mass is 16.6. The molecule has 2 aliphatic heterocycles. The van der Waals surface area contributed by atoms with Gasteiger partial charge >= 0.3 is 11.8 Å². The Bertz CT molecular complexity index is 722. The number of rotatable bonds is 3. The second-order valence-corrected chi connectivity index (χ2v) is 5.43. The van der Waals surface area contributed by atoms with Crippen LogP contribution in [0.15, 0.2) is 28.4 Å². The largest absolute Gasteiger partial charge is 0.447 e. The summed E-state index contributed by atoms with van der Waals surface area (Å²) in [5, 5.41) is 0. The first-order valence-corrected chi connectivity index (χ1v) is 7.03. The molecule has 118 valence electrons. The normalized spacial score (nSPS) is 27.4. The molecule has 0 aromatic carbocycles. The van der Waals surface area contributed by atoms with Crippen molar-refractivity contribution in [1.82, 2.24) is 14.5 Å². The Hall–Kier alpha value is -2.35. The van der Waals surface area contributed by atoms with Gasteiger partial charge in [-0.3, -0.25) is 19.2 Å². The van der Waals surface area contributed by atoms with Crippen molar-refractivity contribution in [2.45, 2.75) is 31.7 Å². The van der Waals surface area contributed by atoms with E-state index in [4.69, 9.17) is 9.47 Å². The number of amides is 1. The van der Waals surface area contributed by atoms with Crippen LogP contribution in [-0.4, -0.2) is 45.8 Å². The second kappa shape index (κ2) is 5.45.